The van der Waals surface area contributed by atoms with Crippen molar-refractivity contribution in [1.29, 1.82) is 0 Å². The summed E-state index contributed by atoms with van der Waals surface area (Å²) in [5.41, 5.74) is 0. The van der Waals surface area contributed by atoms with Crippen LogP contribution in [0.3, 0.4) is 0 Å². The van der Waals surface area contributed by atoms with Crippen LogP contribution in [0, 0.1) is 0 Å². The van der Waals surface area contributed by atoms with Crippen molar-refractivity contribution in [3.8, 4) is 5.75 Å². The quantitative estimate of drug-likeness (QED) is 0.641. The van der Waals surface area contributed by atoms with Crippen molar-refractivity contribution in [1.82, 2.24) is 5.32 Å². The molecule has 0 bridgehead atoms. The van der Waals surface area contributed by atoms with Gasteiger partial charge in [-0.2, -0.15) is 0 Å². The average Bonchev–Trinajstić information content (AvgIpc) is 2.38. The van der Waals surface area contributed by atoms with Gasteiger partial charge in [0, 0.05) is 6.54 Å². The molecule has 1 aromatic carbocycles. The third-order valence-corrected chi connectivity index (χ3v) is 2.49. The Morgan fingerprint density at radius 1 is 1.39 bits per heavy atom. The topological polar surface area (TPSA) is 78.8 Å². The van der Waals surface area contributed by atoms with Crippen molar-refractivity contribution in [2.45, 2.75) is 25.5 Å². The summed E-state index contributed by atoms with van der Waals surface area (Å²) < 4.78 is 5.36. The highest BCUT2D eigenvalue weighted by Gasteiger charge is 2.15. The summed E-state index contributed by atoms with van der Waals surface area (Å²) in [6.45, 7) is 2.10. The van der Waals surface area contributed by atoms with Crippen LogP contribution in [-0.4, -0.2) is 41.5 Å². The molecule has 0 radical (unpaired) electrons. The van der Waals surface area contributed by atoms with Gasteiger partial charge in [0.05, 0.1) is 0 Å². The van der Waals surface area contributed by atoms with E-state index in [2.05, 4.69) is 5.32 Å². The highest BCUT2D eigenvalue weighted by molar-refractivity contribution is 5.73. The standard InChI is InChI=1S/C13H19NO4/c1-2-12(13(16)17)14-8-10(15)9-18-11-6-4-3-5-7-11/h3-7,10,12,14-15H,2,8-9H2,1H3,(H,16,17)/t10-,12+/m1/s1. The summed E-state index contributed by atoms with van der Waals surface area (Å²) in [7, 11) is 0. The number of hydrogen-bond acceptors (Lipinski definition) is 4. The first kappa shape index (κ1) is 14.5. The number of rotatable bonds is 8. The number of ether oxygens (including phenoxy) is 1. The Labute approximate surface area is 106 Å². The molecule has 0 heterocycles. The fourth-order valence-electron chi connectivity index (χ4n) is 1.45. The number of carboxylic acids is 1. The molecule has 0 unspecified atom stereocenters. The number of aliphatic hydroxyl groups excluding tert-OH is 1. The molecule has 0 fully saturated rings. The molecule has 5 nitrogen and oxygen atoms in total. The fraction of sp³-hybridized carbons (Fsp3) is 0.462. The van der Waals surface area contributed by atoms with Crippen molar-refractivity contribution in [2.75, 3.05) is 13.2 Å². The van der Waals surface area contributed by atoms with Gasteiger partial charge in [0.1, 0.15) is 24.5 Å². The number of nitrogens with one attached hydrogen (secondary N) is 1. The van der Waals surface area contributed by atoms with Crippen LogP contribution >= 0.6 is 0 Å². The van der Waals surface area contributed by atoms with Crippen molar-refractivity contribution < 1.29 is 19.7 Å². The zero-order valence-electron chi connectivity index (χ0n) is 10.4. The van der Waals surface area contributed by atoms with Gasteiger partial charge >= 0.3 is 5.97 Å². The molecule has 0 amide bonds. The molecule has 1 aromatic rings. The molecule has 0 aliphatic rings. The van der Waals surface area contributed by atoms with Crippen LogP contribution in [0.5, 0.6) is 5.75 Å². The van der Waals surface area contributed by atoms with Gasteiger partial charge in [-0.15, -0.1) is 0 Å². The van der Waals surface area contributed by atoms with Crippen LogP contribution in [0.1, 0.15) is 13.3 Å². The van der Waals surface area contributed by atoms with Crippen molar-refractivity contribution in [3.05, 3.63) is 30.3 Å². The maximum Gasteiger partial charge on any atom is 0.320 e. The second-order valence-corrected chi connectivity index (χ2v) is 3.99. The molecule has 0 aromatic heterocycles. The Morgan fingerprint density at radius 3 is 2.61 bits per heavy atom. The largest absolute Gasteiger partial charge is 0.491 e. The van der Waals surface area contributed by atoms with Crippen LogP contribution in [0.4, 0.5) is 0 Å². The normalized spacial score (nSPS) is 13.9. The Hall–Kier alpha value is -1.59. The molecule has 0 aliphatic carbocycles. The lowest BCUT2D eigenvalue weighted by molar-refractivity contribution is -0.139. The predicted molar refractivity (Wildman–Crippen MR) is 67.7 cm³/mol. The second kappa shape index (κ2) is 7.68. The van der Waals surface area contributed by atoms with Crippen LogP contribution in [-0.2, 0) is 4.79 Å². The van der Waals surface area contributed by atoms with Gasteiger partial charge in [-0.25, -0.2) is 0 Å². The summed E-state index contributed by atoms with van der Waals surface area (Å²) in [4.78, 5) is 10.7. The molecule has 0 saturated heterocycles. The van der Waals surface area contributed by atoms with Crippen molar-refractivity contribution >= 4 is 5.97 Å². The van der Waals surface area contributed by atoms with Gasteiger partial charge in [0.25, 0.3) is 0 Å². The van der Waals surface area contributed by atoms with Gasteiger partial charge < -0.3 is 20.3 Å². The van der Waals surface area contributed by atoms with E-state index in [9.17, 15) is 9.90 Å². The predicted octanol–water partition coefficient (Wildman–Crippen LogP) is 0.879. The number of hydrogen-bond donors (Lipinski definition) is 3. The van der Waals surface area contributed by atoms with Crippen LogP contribution in [0.15, 0.2) is 30.3 Å². The lowest BCUT2D eigenvalue weighted by atomic mass is 10.2. The van der Waals surface area contributed by atoms with Gasteiger partial charge in [-0.05, 0) is 18.6 Å². The van der Waals surface area contributed by atoms with E-state index in [4.69, 9.17) is 9.84 Å². The first-order valence-corrected chi connectivity index (χ1v) is 5.95. The van der Waals surface area contributed by atoms with Gasteiger partial charge in [0.15, 0.2) is 0 Å². The summed E-state index contributed by atoms with van der Waals surface area (Å²) in [6.07, 6.45) is -0.264. The maximum atomic E-state index is 10.7. The van der Waals surface area contributed by atoms with Crippen LogP contribution in [0.2, 0.25) is 0 Å². The van der Waals surface area contributed by atoms with E-state index in [-0.39, 0.29) is 13.2 Å². The molecule has 18 heavy (non-hydrogen) atoms. The van der Waals surface area contributed by atoms with Gasteiger partial charge in [-0.1, -0.05) is 25.1 Å². The molecule has 5 heteroatoms. The Bertz CT molecular complexity index is 355. The van der Waals surface area contributed by atoms with E-state index in [0.29, 0.717) is 12.2 Å². The van der Waals surface area contributed by atoms with E-state index in [1.54, 1.807) is 19.1 Å². The SMILES string of the molecule is CC[C@H](NC[C@@H](O)COc1ccccc1)C(=O)O. The van der Waals surface area contributed by atoms with Gasteiger partial charge in [-0.3, -0.25) is 4.79 Å². The Morgan fingerprint density at radius 2 is 2.06 bits per heavy atom. The lowest BCUT2D eigenvalue weighted by Gasteiger charge is -2.16. The zero-order valence-corrected chi connectivity index (χ0v) is 10.4. The van der Waals surface area contributed by atoms with E-state index >= 15 is 0 Å². The number of carbonyl (C=O) groups is 1. The third kappa shape index (κ3) is 5.16. The van der Waals surface area contributed by atoms with Crippen molar-refractivity contribution in [2.24, 2.45) is 0 Å². The molecule has 0 saturated carbocycles. The lowest BCUT2D eigenvalue weighted by Crippen LogP contribution is -2.42. The van der Waals surface area contributed by atoms with E-state index in [1.807, 2.05) is 18.2 Å². The fourth-order valence-corrected chi connectivity index (χ4v) is 1.45. The van der Waals surface area contributed by atoms with Gasteiger partial charge in [0.2, 0.25) is 0 Å². The van der Waals surface area contributed by atoms with E-state index < -0.39 is 18.1 Å². The van der Waals surface area contributed by atoms with Crippen LogP contribution in [0.25, 0.3) is 0 Å². The molecule has 0 aliphatic heterocycles. The first-order valence-electron chi connectivity index (χ1n) is 5.95. The monoisotopic (exact) mass is 253 g/mol. The van der Waals surface area contributed by atoms with Crippen molar-refractivity contribution in [3.63, 3.8) is 0 Å². The van der Waals surface area contributed by atoms with E-state index in [0.717, 1.165) is 0 Å². The molecule has 2 atom stereocenters. The second-order valence-electron chi connectivity index (χ2n) is 3.99. The summed E-state index contributed by atoms with van der Waals surface area (Å²) in [5, 5.41) is 21.3. The first-order chi connectivity index (χ1) is 8.63. The number of benzene rings is 1. The number of para-hydroxylation sites is 1. The maximum absolute atomic E-state index is 10.7. The summed E-state index contributed by atoms with van der Waals surface area (Å²) >= 11 is 0. The molecule has 0 spiro atoms. The molecule has 100 valence electrons. The minimum atomic E-state index is -0.909. The Kier molecular flexibility index (Phi) is 6.18. The summed E-state index contributed by atoms with van der Waals surface area (Å²) in [6, 6.07) is 8.54. The molecule has 1 rings (SSSR count). The molecular weight excluding hydrogens is 234 g/mol. The molecular formula is C13H19NO4. The Balaban J connectivity index is 2.25. The minimum absolute atomic E-state index is 0.132. The number of aliphatic hydroxyl groups is 1. The highest BCUT2D eigenvalue weighted by Crippen LogP contribution is 2.08. The number of aliphatic carboxylic acids is 1. The molecule has 3 N–H and O–H groups in total. The highest BCUT2D eigenvalue weighted by atomic mass is 16.5. The summed E-state index contributed by atoms with van der Waals surface area (Å²) in [5.74, 6) is -0.226. The average molecular weight is 253 g/mol. The van der Waals surface area contributed by atoms with Crippen LogP contribution < -0.4 is 10.1 Å². The minimum Gasteiger partial charge on any atom is -0.491 e. The zero-order chi connectivity index (χ0) is 13.4. The van der Waals surface area contributed by atoms with E-state index in [1.165, 1.54) is 0 Å². The number of carboxylic acid groups (broad SMARTS) is 1. The third-order valence-electron chi connectivity index (χ3n) is 2.49. The smallest absolute Gasteiger partial charge is 0.320 e.